The predicted octanol–water partition coefficient (Wildman–Crippen LogP) is 18.5. The van der Waals surface area contributed by atoms with Gasteiger partial charge >= 0.3 is 0 Å². The third-order valence-electron chi connectivity index (χ3n) is 19.9. The summed E-state index contributed by atoms with van der Waals surface area (Å²) in [5, 5.41) is 15.2. The van der Waals surface area contributed by atoms with E-state index in [-0.39, 0.29) is 23.3 Å². The fourth-order valence-electron chi connectivity index (χ4n) is 13.5. The summed E-state index contributed by atoms with van der Waals surface area (Å²) in [6, 6.07) is 34.8. The number of fused-ring (bicyclic) bond motifs is 4. The maximum absolute atomic E-state index is 14.3. The number of methoxy groups -OCH3 is 4. The molecular formula is C90H108F4N16O8. The van der Waals surface area contributed by atoms with Crippen molar-refractivity contribution in [2.75, 3.05) is 157 Å². The van der Waals surface area contributed by atoms with Gasteiger partial charge < -0.3 is 78.8 Å². The lowest BCUT2D eigenvalue weighted by Gasteiger charge is -2.16. The second-order valence-electron chi connectivity index (χ2n) is 29.6. The van der Waals surface area contributed by atoms with Gasteiger partial charge in [0, 0.05) is 58.9 Å². The molecule has 118 heavy (non-hydrogen) atoms. The molecular weight excluding hydrogens is 1510 g/mol. The highest BCUT2D eigenvalue weighted by Gasteiger charge is 2.21. The van der Waals surface area contributed by atoms with Crippen LogP contribution in [-0.2, 0) is 0 Å². The van der Waals surface area contributed by atoms with E-state index in [0.717, 1.165) is 109 Å². The van der Waals surface area contributed by atoms with E-state index < -0.39 is 0 Å². The lowest BCUT2D eigenvalue weighted by Crippen LogP contribution is -2.21. The Morgan fingerprint density at radius 1 is 0.314 bits per heavy atom. The number of anilines is 8. The van der Waals surface area contributed by atoms with Crippen LogP contribution in [0.5, 0.6) is 46.0 Å². The van der Waals surface area contributed by atoms with E-state index in [1.165, 1.54) is 101 Å². The molecule has 0 aliphatic carbocycles. The Kier molecular flexibility index (Phi) is 32.1. The molecule has 0 bridgehead atoms. The van der Waals surface area contributed by atoms with E-state index in [9.17, 15) is 17.6 Å². The number of nitrogens with one attached hydrogen (secondary N) is 4. The summed E-state index contributed by atoms with van der Waals surface area (Å²) in [4.78, 5) is 43.8. The fraction of sp³-hybridized carbons (Fsp3) is 0.378. The highest BCUT2D eigenvalue weighted by Crippen LogP contribution is 2.40. The van der Waals surface area contributed by atoms with E-state index in [0.29, 0.717) is 141 Å². The number of unbranched alkanes of at least 4 members (excludes halogenated alkanes) is 2. The molecule has 14 rings (SSSR count). The summed E-state index contributed by atoms with van der Waals surface area (Å²) < 4.78 is 103. The molecule has 0 spiro atoms. The van der Waals surface area contributed by atoms with Gasteiger partial charge in [-0.3, -0.25) is 0 Å². The van der Waals surface area contributed by atoms with Gasteiger partial charge in [-0.2, -0.15) is 0 Å². The molecule has 2 aliphatic rings. The second kappa shape index (κ2) is 43.5. The molecule has 28 heteroatoms. The third kappa shape index (κ3) is 24.7. The molecule has 0 atom stereocenters. The quantitative estimate of drug-likeness (QED) is 0.0217. The first-order valence-electron chi connectivity index (χ1n) is 39.9. The standard InChI is InChI=1S/C24H29FN4O2.C23H27FN4O2.C22H27FN4O2.C21H25FN4O2/c1-17-7-8-20(19(25)13-17)28-24-18-14-22(30-2)23(15-21(18)26-16-27-24)31-12-6-5-11-29-9-3-4-10-29;1-16-6-7-19(18(24)12-16)27-23-17-13-21(29-2)22(14-20(17)25-15-26-23)30-11-5-10-28-8-3-4-9-28;1-15-7-8-18(17(23)11-15)26-22-16-12-20(28-4)21(13-19(16)24-14-25-22)29-10-6-5-9-27(2)3;1-14-6-7-17(16(22)10-14)25-21-15-11-19(27-4)20(12-18(15)23-13-24-21)28-9-5-8-26(2)3/h7-8,13-16H,3-6,9-12H2,1-2H3,(H,26,27,28);6-7,12-15H,3-5,8-11H2,1-2H3,(H,25,26,27);7-8,11-14H,5-6,9-10H2,1-4H3,(H,24,25,26);6-7,10-13H,5,8-9H2,1-4H3,(H,23,24,25). The van der Waals surface area contributed by atoms with Crippen LogP contribution in [0.3, 0.4) is 0 Å². The Hall–Kier alpha value is -11.7. The Balaban J connectivity index is 0.000000154. The van der Waals surface area contributed by atoms with Crippen LogP contribution in [0.25, 0.3) is 43.6 Å². The zero-order valence-electron chi connectivity index (χ0n) is 69.6. The average molecular weight is 1620 g/mol. The summed E-state index contributed by atoms with van der Waals surface area (Å²) in [5.74, 6) is 5.67. The summed E-state index contributed by atoms with van der Waals surface area (Å²) in [6.45, 7) is 18.8. The third-order valence-corrected chi connectivity index (χ3v) is 19.9. The van der Waals surface area contributed by atoms with E-state index >= 15 is 0 Å². The molecule has 8 aromatic carbocycles. The first kappa shape index (κ1) is 87.1. The van der Waals surface area contributed by atoms with Crippen LogP contribution in [0.2, 0.25) is 0 Å². The first-order valence-corrected chi connectivity index (χ1v) is 39.9. The van der Waals surface area contributed by atoms with Crippen molar-refractivity contribution in [3.8, 4) is 46.0 Å². The number of aryl methyl sites for hydroxylation is 4. The van der Waals surface area contributed by atoms with Crippen LogP contribution in [0.1, 0.15) is 86.5 Å². The van der Waals surface area contributed by atoms with Gasteiger partial charge in [-0.15, -0.1) is 0 Å². The minimum atomic E-state index is -0.334. The highest BCUT2D eigenvalue weighted by atomic mass is 19.1. The van der Waals surface area contributed by atoms with Gasteiger partial charge in [0.25, 0.3) is 0 Å². The van der Waals surface area contributed by atoms with Gasteiger partial charge in [-0.1, -0.05) is 24.3 Å². The van der Waals surface area contributed by atoms with Crippen molar-refractivity contribution in [3.05, 3.63) is 192 Å². The fourth-order valence-corrected chi connectivity index (χ4v) is 13.5. The number of hydrogen-bond acceptors (Lipinski definition) is 24. The van der Waals surface area contributed by atoms with E-state index in [2.05, 4.69) is 94.8 Å². The topological polar surface area (TPSA) is 238 Å². The number of aromatic nitrogens is 8. The molecule has 24 nitrogen and oxygen atoms in total. The Morgan fingerprint density at radius 2 is 0.576 bits per heavy atom. The first-order chi connectivity index (χ1) is 57.2. The van der Waals surface area contributed by atoms with Crippen molar-refractivity contribution in [2.24, 2.45) is 0 Å². The van der Waals surface area contributed by atoms with Crippen molar-refractivity contribution in [1.82, 2.24) is 59.5 Å². The molecule has 4 aromatic heterocycles. The molecule has 2 aliphatic heterocycles. The number of nitrogens with zero attached hydrogens (tertiary/aromatic N) is 12. The van der Waals surface area contributed by atoms with Gasteiger partial charge in [-0.25, -0.2) is 57.4 Å². The molecule has 4 N–H and O–H groups in total. The number of likely N-dealkylation sites (tertiary alicyclic amines) is 2. The Labute approximate surface area is 688 Å². The van der Waals surface area contributed by atoms with Crippen molar-refractivity contribution in [3.63, 3.8) is 0 Å². The lowest BCUT2D eigenvalue weighted by molar-refractivity contribution is 0.254. The predicted molar refractivity (Wildman–Crippen MR) is 460 cm³/mol. The van der Waals surface area contributed by atoms with Crippen LogP contribution in [0.4, 0.5) is 63.6 Å². The van der Waals surface area contributed by atoms with E-state index in [1.807, 2.05) is 115 Å². The summed E-state index contributed by atoms with van der Waals surface area (Å²) in [5.41, 5.74) is 7.66. The molecule has 2 saturated heterocycles. The van der Waals surface area contributed by atoms with Crippen molar-refractivity contribution >= 4 is 89.6 Å². The monoisotopic (exact) mass is 1620 g/mol. The summed E-state index contributed by atoms with van der Waals surface area (Å²) in [7, 11) is 14.6. The molecule has 0 amide bonds. The Bertz CT molecular complexity index is 5290. The normalized spacial score (nSPS) is 12.7. The van der Waals surface area contributed by atoms with Crippen LogP contribution >= 0.6 is 0 Å². The molecule has 12 aromatic rings. The summed E-state index contributed by atoms with van der Waals surface area (Å²) in [6.07, 6.45) is 17.0. The van der Waals surface area contributed by atoms with Gasteiger partial charge in [0.2, 0.25) is 0 Å². The molecule has 624 valence electrons. The molecule has 0 unspecified atom stereocenters. The average Bonchev–Trinajstić information content (AvgIpc) is 1.06. The molecule has 6 heterocycles. The highest BCUT2D eigenvalue weighted by molar-refractivity contribution is 5.96. The SMILES string of the molecule is COc1cc2c(Nc3ccc(C)cc3F)ncnc2cc1OCCCCN(C)C.COc1cc2c(Nc3ccc(C)cc3F)ncnc2cc1OCCCCN1CCCC1.COc1cc2c(Nc3ccc(C)cc3F)ncnc2cc1OCCCN(C)C.COc1cc2c(Nc3ccc(C)cc3F)ncnc2cc1OCCCN1CCCC1. The van der Waals surface area contributed by atoms with Crippen LogP contribution in [-0.4, -0.2) is 195 Å². The van der Waals surface area contributed by atoms with Crippen LogP contribution < -0.4 is 59.2 Å². The second-order valence-corrected chi connectivity index (χ2v) is 29.6. The number of rotatable bonds is 34. The van der Waals surface area contributed by atoms with Crippen LogP contribution in [0.15, 0.2) is 147 Å². The zero-order valence-corrected chi connectivity index (χ0v) is 69.6. The van der Waals surface area contributed by atoms with Gasteiger partial charge in [-0.05, 0) is 254 Å². The maximum Gasteiger partial charge on any atom is 0.163 e. The number of ether oxygens (including phenoxy) is 8. The van der Waals surface area contributed by atoms with E-state index in [1.54, 1.807) is 52.7 Å². The van der Waals surface area contributed by atoms with Gasteiger partial charge in [0.15, 0.2) is 46.0 Å². The summed E-state index contributed by atoms with van der Waals surface area (Å²) >= 11 is 0. The minimum absolute atomic E-state index is 0.326. The van der Waals surface area contributed by atoms with Crippen LogP contribution in [0, 0.1) is 51.0 Å². The molecule has 0 radical (unpaired) electrons. The molecule has 2 fully saturated rings. The maximum atomic E-state index is 14.3. The van der Waals surface area contributed by atoms with Crippen molar-refractivity contribution < 1.29 is 55.5 Å². The minimum Gasteiger partial charge on any atom is -0.493 e. The zero-order chi connectivity index (χ0) is 83.5. The number of hydrogen-bond donors (Lipinski definition) is 4. The largest absolute Gasteiger partial charge is 0.493 e. The van der Waals surface area contributed by atoms with Gasteiger partial charge in [0.05, 0.1) is 99.7 Å². The smallest absolute Gasteiger partial charge is 0.163 e. The molecule has 0 saturated carbocycles. The Morgan fingerprint density at radius 3 is 0.856 bits per heavy atom. The van der Waals surface area contributed by atoms with Crippen molar-refractivity contribution in [1.29, 1.82) is 0 Å². The van der Waals surface area contributed by atoms with Crippen molar-refractivity contribution in [2.45, 2.75) is 91.9 Å². The van der Waals surface area contributed by atoms with E-state index in [4.69, 9.17) is 37.9 Å². The van der Waals surface area contributed by atoms with Gasteiger partial charge in [0.1, 0.15) is 71.8 Å². The lowest BCUT2D eigenvalue weighted by atomic mass is 10.2. The number of benzene rings is 8. The number of halogens is 4.